The van der Waals surface area contributed by atoms with E-state index < -0.39 is 0 Å². The zero-order chi connectivity index (χ0) is 42.9. The Balaban J connectivity index is 0.000000166. The summed E-state index contributed by atoms with van der Waals surface area (Å²) in [4.78, 5) is 43.6. The van der Waals surface area contributed by atoms with Crippen LogP contribution in [-0.4, -0.2) is 61.8 Å². The number of carbonyl (C=O) groups excluding carboxylic acids is 2. The molecule has 59 heavy (non-hydrogen) atoms. The minimum absolute atomic E-state index is 0.0265. The number of aromatic nitrogens is 5. The van der Waals surface area contributed by atoms with Crippen LogP contribution in [0.4, 0.5) is 0 Å². The van der Waals surface area contributed by atoms with E-state index in [4.69, 9.17) is 14.6 Å². The number of nitrogens with zero attached hydrogens (tertiary/aromatic N) is 5. The Bertz CT molecular complexity index is 1970. The van der Waals surface area contributed by atoms with Crippen molar-refractivity contribution in [3.8, 4) is 0 Å². The molecule has 5 heterocycles. The SMILES string of the molecule is Brc1ccc(Br)nc1.C=Cc1ccc(Br)cn1.CCOC(=O)[C@H]1C[C@@H]1c1ccc(Br)cn1.CCOC(=O)[C@H]1C[C@H]1c1ccc(Br)cn1.OC[C@H]1C[C@@H]1c1ccc(Br)cn1. The Labute approximate surface area is 395 Å². The van der Waals surface area contributed by atoms with E-state index in [-0.39, 0.29) is 35.6 Å². The molecule has 0 amide bonds. The molecule has 0 saturated heterocycles. The van der Waals surface area contributed by atoms with E-state index in [0.717, 1.165) is 69.0 Å². The fraction of sp³-hybridized carbons (Fsp3) is 0.326. The van der Waals surface area contributed by atoms with Crippen LogP contribution in [0.2, 0.25) is 0 Å². The van der Waals surface area contributed by atoms with Crippen molar-refractivity contribution in [2.24, 2.45) is 17.8 Å². The maximum atomic E-state index is 11.4. The largest absolute Gasteiger partial charge is 0.466 e. The molecular formula is C43H43Br6N5O5. The van der Waals surface area contributed by atoms with Gasteiger partial charge in [0.25, 0.3) is 0 Å². The standard InChI is InChI=1S/2C11H12BrNO2.C9H10BrNO.C7H6BrN.C5H3Br2N/c2*1-2-15-11(14)9-5-8(9)10-4-3-7(12)6-13-10;10-7-1-2-9(11-4-7)8-3-6(8)5-12;1-2-7-4-3-6(8)5-9-7;6-4-1-2-5(7)8-3-4/h2*3-4,6,8-9H,2,5H2,1H3;1-2,4,6,8,12H,3,5H2;2-5H,1H2;1-3H/t8-,9+;8-,9-;6-,8+;;/m101../s1. The number of hydrogen-bond donors (Lipinski definition) is 1. The summed E-state index contributed by atoms with van der Waals surface area (Å²) in [5.41, 5.74) is 3.97. The number of pyridine rings is 5. The van der Waals surface area contributed by atoms with E-state index in [1.807, 2.05) is 80.7 Å². The lowest BCUT2D eigenvalue weighted by molar-refractivity contribution is -0.145. The highest BCUT2D eigenvalue weighted by Crippen LogP contribution is 2.48. The van der Waals surface area contributed by atoms with Crippen molar-refractivity contribution in [1.82, 2.24) is 24.9 Å². The maximum absolute atomic E-state index is 11.4. The Morgan fingerprint density at radius 1 is 0.593 bits per heavy atom. The van der Waals surface area contributed by atoms with Crippen molar-refractivity contribution >= 4 is 114 Å². The molecule has 3 saturated carbocycles. The first-order valence-electron chi connectivity index (χ1n) is 18.7. The van der Waals surface area contributed by atoms with E-state index in [0.29, 0.717) is 31.7 Å². The minimum Gasteiger partial charge on any atom is -0.466 e. The van der Waals surface area contributed by atoms with E-state index in [2.05, 4.69) is 127 Å². The van der Waals surface area contributed by atoms with Crippen LogP contribution >= 0.6 is 95.6 Å². The highest BCUT2D eigenvalue weighted by molar-refractivity contribution is 9.11. The number of rotatable bonds is 9. The van der Waals surface area contributed by atoms with Crippen LogP contribution in [0.5, 0.6) is 0 Å². The second kappa shape index (κ2) is 25.3. The lowest BCUT2D eigenvalue weighted by atomic mass is 10.2. The molecule has 16 heteroatoms. The normalized spacial score (nSPS) is 20.2. The number of ether oxygens (including phenoxy) is 2. The molecule has 0 bridgehead atoms. The van der Waals surface area contributed by atoms with Gasteiger partial charge in [0, 0.05) is 94.8 Å². The fourth-order valence-corrected chi connectivity index (χ4v) is 6.97. The number of esters is 2. The van der Waals surface area contributed by atoms with Crippen LogP contribution in [0, 0.1) is 17.8 Å². The van der Waals surface area contributed by atoms with Crippen LogP contribution in [0.25, 0.3) is 6.08 Å². The summed E-state index contributed by atoms with van der Waals surface area (Å²) in [5, 5.41) is 8.86. The smallest absolute Gasteiger partial charge is 0.309 e. The monoisotopic (exact) mass is 1180 g/mol. The first-order valence-corrected chi connectivity index (χ1v) is 23.4. The van der Waals surface area contributed by atoms with Gasteiger partial charge >= 0.3 is 11.9 Å². The zero-order valence-electron chi connectivity index (χ0n) is 32.2. The lowest BCUT2D eigenvalue weighted by Gasteiger charge is -2.00. The first kappa shape index (κ1) is 48.9. The number of hydrogen-bond acceptors (Lipinski definition) is 10. The summed E-state index contributed by atoms with van der Waals surface area (Å²) in [6, 6.07) is 19.5. The predicted molar refractivity (Wildman–Crippen MR) is 250 cm³/mol. The molecule has 6 atom stereocenters. The molecule has 5 aromatic rings. The first-order chi connectivity index (χ1) is 28.4. The molecule has 0 unspecified atom stereocenters. The van der Waals surface area contributed by atoms with Gasteiger partial charge in [0.15, 0.2) is 0 Å². The van der Waals surface area contributed by atoms with Crippen molar-refractivity contribution < 1.29 is 24.2 Å². The Kier molecular flexibility index (Phi) is 21.0. The topological polar surface area (TPSA) is 137 Å². The number of aliphatic hydroxyl groups excluding tert-OH is 1. The molecule has 8 rings (SSSR count). The van der Waals surface area contributed by atoms with E-state index in [1.165, 1.54) is 0 Å². The summed E-state index contributed by atoms with van der Waals surface area (Å²) in [6.45, 7) is 8.44. The number of carbonyl (C=O) groups is 2. The molecule has 3 aliphatic rings. The van der Waals surface area contributed by atoms with Gasteiger partial charge in [0.2, 0.25) is 0 Å². The average molecular weight is 1190 g/mol. The highest BCUT2D eigenvalue weighted by Gasteiger charge is 2.46. The zero-order valence-corrected chi connectivity index (χ0v) is 41.8. The summed E-state index contributed by atoms with van der Waals surface area (Å²) in [7, 11) is 0. The second-order valence-corrected chi connectivity index (χ2v) is 18.7. The molecule has 10 nitrogen and oxygen atoms in total. The molecule has 0 radical (unpaired) electrons. The third-order valence-electron chi connectivity index (χ3n) is 8.96. The van der Waals surface area contributed by atoms with Crippen LogP contribution in [0.3, 0.4) is 0 Å². The van der Waals surface area contributed by atoms with Crippen molar-refractivity contribution in [3.63, 3.8) is 0 Å². The van der Waals surface area contributed by atoms with Crippen molar-refractivity contribution in [3.05, 3.63) is 148 Å². The van der Waals surface area contributed by atoms with Crippen molar-refractivity contribution in [2.75, 3.05) is 19.8 Å². The molecule has 0 aliphatic heterocycles. The lowest BCUT2D eigenvalue weighted by Crippen LogP contribution is -2.07. The van der Waals surface area contributed by atoms with E-state index in [1.54, 1.807) is 30.9 Å². The maximum Gasteiger partial charge on any atom is 0.309 e. The molecule has 3 aliphatic carbocycles. The third kappa shape index (κ3) is 17.3. The molecule has 0 aromatic carbocycles. The van der Waals surface area contributed by atoms with E-state index in [9.17, 15) is 9.59 Å². The van der Waals surface area contributed by atoms with Gasteiger partial charge in [-0.05, 0) is 201 Å². The fourth-order valence-electron chi connectivity index (χ4n) is 5.56. The van der Waals surface area contributed by atoms with Gasteiger partial charge in [0.1, 0.15) is 4.60 Å². The van der Waals surface area contributed by atoms with Gasteiger partial charge in [-0.2, -0.15) is 0 Å². The average Bonchev–Trinajstić information content (AvgIpc) is 4.12. The molecule has 0 spiro atoms. The summed E-state index contributed by atoms with van der Waals surface area (Å²) in [6.07, 6.45) is 13.4. The summed E-state index contributed by atoms with van der Waals surface area (Å²) < 4.78 is 15.7. The Morgan fingerprint density at radius 3 is 1.27 bits per heavy atom. The summed E-state index contributed by atoms with van der Waals surface area (Å²) in [5.74, 6) is 1.35. The Hall–Kier alpha value is -2.73. The predicted octanol–water partition coefficient (Wildman–Crippen LogP) is 12.1. The van der Waals surface area contributed by atoms with Crippen LogP contribution < -0.4 is 0 Å². The van der Waals surface area contributed by atoms with Crippen LogP contribution in [0.15, 0.2) is 125 Å². The quantitative estimate of drug-likeness (QED) is 0.112. The molecule has 312 valence electrons. The van der Waals surface area contributed by atoms with Gasteiger partial charge in [-0.1, -0.05) is 6.58 Å². The van der Waals surface area contributed by atoms with Gasteiger partial charge in [-0.15, -0.1) is 0 Å². The Morgan fingerprint density at radius 2 is 0.983 bits per heavy atom. The summed E-state index contributed by atoms with van der Waals surface area (Å²) >= 11 is 19.7. The second-order valence-electron chi connectivity index (χ2n) is 13.3. The van der Waals surface area contributed by atoms with Crippen LogP contribution in [0.1, 0.15) is 73.6 Å². The molecule has 3 fully saturated rings. The molecular weight excluding hydrogens is 1150 g/mol. The van der Waals surface area contributed by atoms with Crippen molar-refractivity contribution in [1.29, 1.82) is 0 Å². The molecule has 1 N–H and O–H groups in total. The van der Waals surface area contributed by atoms with Crippen molar-refractivity contribution in [2.45, 2.75) is 50.9 Å². The van der Waals surface area contributed by atoms with Gasteiger partial charge in [-0.3, -0.25) is 29.5 Å². The van der Waals surface area contributed by atoms with Gasteiger partial charge in [0.05, 0.1) is 30.7 Å². The highest BCUT2D eigenvalue weighted by atomic mass is 79.9. The van der Waals surface area contributed by atoms with Crippen LogP contribution in [-0.2, 0) is 19.1 Å². The number of aliphatic hydroxyl groups is 1. The van der Waals surface area contributed by atoms with Gasteiger partial charge < -0.3 is 14.6 Å². The van der Waals surface area contributed by atoms with E-state index >= 15 is 0 Å². The molecule has 5 aromatic heterocycles. The minimum atomic E-state index is -0.0905. The third-order valence-corrected chi connectivity index (χ3v) is 11.8. The van der Waals surface area contributed by atoms with Gasteiger partial charge in [-0.25, -0.2) is 4.98 Å². The number of halogens is 6.